The molecule has 0 bridgehead atoms. The van der Waals surface area contributed by atoms with E-state index in [1.165, 1.54) is 6.42 Å². The number of amides is 1. The van der Waals surface area contributed by atoms with Crippen LogP contribution in [0, 0.1) is 0 Å². The van der Waals surface area contributed by atoms with Crippen LogP contribution in [-0.4, -0.2) is 24.2 Å². The third-order valence-electron chi connectivity index (χ3n) is 3.22. The van der Waals surface area contributed by atoms with Gasteiger partial charge in [0.1, 0.15) is 0 Å². The molecule has 1 saturated carbocycles. The standard InChI is InChI=1S/C10H17NO2.2C2H6/c1-8(12)11-10(5-3-6-10)9-4-2-7-13-9;2*1-2/h9H,2-7H2,1H3,(H,11,12);2*1-2H3. The van der Waals surface area contributed by atoms with E-state index in [9.17, 15) is 4.79 Å². The fourth-order valence-electron chi connectivity index (χ4n) is 2.45. The van der Waals surface area contributed by atoms with Crippen LogP contribution < -0.4 is 5.32 Å². The first kappa shape index (κ1) is 16.4. The van der Waals surface area contributed by atoms with Crippen LogP contribution in [0.4, 0.5) is 0 Å². The van der Waals surface area contributed by atoms with E-state index in [1.54, 1.807) is 6.92 Å². The van der Waals surface area contributed by atoms with Crippen molar-refractivity contribution in [2.24, 2.45) is 0 Å². The first-order chi connectivity index (χ1) is 8.23. The molecular weight excluding hydrogens is 214 g/mol. The first-order valence-electron chi connectivity index (χ1n) is 7.13. The lowest BCUT2D eigenvalue weighted by atomic mass is 9.72. The minimum atomic E-state index is 0.00231. The molecule has 0 aromatic heterocycles. The fourth-order valence-corrected chi connectivity index (χ4v) is 2.45. The average molecular weight is 243 g/mol. The van der Waals surface area contributed by atoms with Gasteiger partial charge in [0.15, 0.2) is 0 Å². The Bertz CT molecular complexity index is 206. The molecule has 2 rings (SSSR count). The summed E-state index contributed by atoms with van der Waals surface area (Å²) in [4.78, 5) is 11.0. The third kappa shape index (κ3) is 4.30. The zero-order valence-corrected chi connectivity index (χ0v) is 12.1. The molecule has 1 atom stereocenters. The van der Waals surface area contributed by atoms with E-state index < -0.39 is 0 Å². The van der Waals surface area contributed by atoms with E-state index in [-0.39, 0.29) is 17.6 Å². The van der Waals surface area contributed by atoms with Gasteiger partial charge in [-0.3, -0.25) is 4.79 Å². The quantitative estimate of drug-likeness (QED) is 0.808. The lowest BCUT2D eigenvalue weighted by molar-refractivity contribution is -0.125. The zero-order valence-electron chi connectivity index (χ0n) is 12.1. The smallest absolute Gasteiger partial charge is 0.217 e. The van der Waals surface area contributed by atoms with Gasteiger partial charge in [0, 0.05) is 13.5 Å². The summed E-state index contributed by atoms with van der Waals surface area (Å²) in [5, 5.41) is 3.07. The second kappa shape index (κ2) is 8.51. The summed E-state index contributed by atoms with van der Waals surface area (Å²) in [6, 6.07) is 0. The molecule has 1 N–H and O–H groups in total. The number of hydrogen-bond donors (Lipinski definition) is 1. The summed E-state index contributed by atoms with van der Waals surface area (Å²) < 4.78 is 5.65. The van der Waals surface area contributed by atoms with Gasteiger partial charge in [0.25, 0.3) is 0 Å². The van der Waals surface area contributed by atoms with E-state index in [2.05, 4.69) is 5.32 Å². The number of nitrogens with one attached hydrogen (secondary N) is 1. The monoisotopic (exact) mass is 243 g/mol. The molecule has 1 aliphatic carbocycles. The Morgan fingerprint density at radius 3 is 2.06 bits per heavy atom. The molecule has 0 radical (unpaired) electrons. The second-order valence-corrected chi connectivity index (χ2v) is 4.19. The molecule has 1 amide bonds. The largest absolute Gasteiger partial charge is 0.376 e. The van der Waals surface area contributed by atoms with Crippen LogP contribution in [0.15, 0.2) is 0 Å². The van der Waals surface area contributed by atoms with Crippen molar-refractivity contribution < 1.29 is 9.53 Å². The molecule has 0 aromatic rings. The Morgan fingerprint density at radius 1 is 1.18 bits per heavy atom. The van der Waals surface area contributed by atoms with Gasteiger partial charge in [-0.1, -0.05) is 27.7 Å². The van der Waals surface area contributed by atoms with Gasteiger partial charge in [-0.15, -0.1) is 0 Å². The molecule has 0 spiro atoms. The minimum absolute atomic E-state index is 0.00231. The van der Waals surface area contributed by atoms with Gasteiger partial charge in [-0.2, -0.15) is 0 Å². The van der Waals surface area contributed by atoms with E-state index in [0.717, 1.165) is 32.3 Å². The fraction of sp³-hybridized carbons (Fsp3) is 0.929. The normalized spacial score (nSPS) is 24.4. The molecule has 2 aliphatic rings. The summed E-state index contributed by atoms with van der Waals surface area (Å²) in [7, 11) is 0. The highest BCUT2D eigenvalue weighted by Crippen LogP contribution is 2.39. The van der Waals surface area contributed by atoms with Crippen molar-refractivity contribution in [3.8, 4) is 0 Å². The van der Waals surface area contributed by atoms with Crippen LogP contribution in [0.2, 0.25) is 0 Å². The maximum atomic E-state index is 11.0. The molecule has 1 unspecified atom stereocenters. The van der Waals surface area contributed by atoms with Crippen molar-refractivity contribution in [1.29, 1.82) is 0 Å². The minimum Gasteiger partial charge on any atom is -0.376 e. The van der Waals surface area contributed by atoms with Gasteiger partial charge in [0.2, 0.25) is 5.91 Å². The Labute approximate surface area is 106 Å². The lowest BCUT2D eigenvalue weighted by Crippen LogP contribution is -2.60. The topological polar surface area (TPSA) is 38.3 Å². The Hall–Kier alpha value is -0.570. The third-order valence-corrected chi connectivity index (χ3v) is 3.22. The molecule has 1 heterocycles. The SMILES string of the molecule is CC.CC.CC(=O)NC1(C2CCCO2)CCC1. The molecule has 3 nitrogen and oxygen atoms in total. The average Bonchev–Trinajstić information content (AvgIpc) is 2.82. The predicted molar refractivity (Wildman–Crippen MR) is 72.1 cm³/mol. The molecular formula is C14H29NO2. The number of rotatable bonds is 2. The van der Waals surface area contributed by atoms with Gasteiger partial charge < -0.3 is 10.1 Å². The molecule has 1 aliphatic heterocycles. The maximum Gasteiger partial charge on any atom is 0.217 e. The van der Waals surface area contributed by atoms with Crippen LogP contribution in [0.1, 0.15) is 66.7 Å². The van der Waals surface area contributed by atoms with E-state index >= 15 is 0 Å². The van der Waals surface area contributed by atoms with E-state index in [1.807, 2.05) is 27.7 Å². The number of carbonyl (C=O) groups excluding carboxylic acids is 1. The van der Waals surface area contributed by atoms with Gasteiger partial charge in [-0.05, 0) is 32.1 Å². The Balaban J connectivity index is 0.000000581. The Kier molecular flexibility index (Phi) is 8.23. The van der Waals surface area contributed by atoms with Gasteiger partial charge >= 0.3 is 0 Å². The Morgan fingerprint density at radius 2 is 1.76 bits per heavy atom. The van der Waals surface area contributed by atoms with Gasteiger partial charge in [0.05, 0.1) is 11.6 Å². The van der Waals surface area contributed by atoms with Crippen molar-refractivity contribution in [2.45, 2.75) is 78.4 Å². The number of carbonyl (C=O) groups is 1. The highest BCUT2D eigenvalue weighted by molar-refractivity contribution is 5.74. The van der Waals surface area contributed by atoms with Crippen LogP contribution in [0.5, 0.6) is 0 Å². The second-order valence-electron chi connectivity index (χ2n) is 4.19. The summed E-state index contributed by atoms with van der Waals surface area (Å²) in [5.41, 5.74) is 0.00231. The molecule has 17 heavy (non-hydrogen) atoms. The summed E-state index contributed by atoms with van der Waals surface area (Å²) in [5.74, 6) is 0.0789. The maximum absolute atomic E-state index is 11.0. The van der Waals surface area contributed by atoms with Crippen molar-refractivity contribution in [3.05, 3.63) is 0 Å². The molecule has 2 fully saturated rings. The van der Waals surface area contributed by atoms with Crippen LogP contribution in [0.25, 0.3) is 0 Å². The highest BCUT2D eigenvalue weighted by Gasteiger charge is 2.46. The predicted octanol–water partition coefficient (Wildman–Crippen LogP) is 3.28. The number of hydrogen-bond acceptors (Lipinski definition) is 2. The molecule has 3 heteroatoms. The van der Waals surface area contributed by atoms with E-state index in [0.29, 0.717) is 0 Å². The van der Waals surface area contributed by atoms with Crippen LogP contribution >= 0.6 is 0 Å². The highest BCUT2D eigenvalue weighted by atomic mass is 16.5. The summed E-state index contributed by atoms with van der Waals surface area (Å²) in [6.07, 6.45) is 5.95. The van der Waals surface area contributed by atoms with Crippen molar-refractivity contribution in [1.82, 2.24) is 5.32 Å². The van der Waals surface area contributed by atoms with Crippen molar-refractivity contribution >= 4 is 5.91 Å². The van der Waals surface area contributed by atoms with E-state index in [4.69, 9.17) is 4.74 Å². The molecule has 0 aromatic carbocycles. The van der Waals surface area contributed by atoms with Crippen LogP contribution in [0.3, 0.4) is 0 Å². The van der Waals surface area contributed by atoms with Crippen LogP contribution in [-0.2, 0) is 9.53 Å². The number of ether oxygens (including phenoxy) is 1. The summed E-state index contributed by atoms with van der Waals surface area (Å²) >= 11 is 0. The van der Waals surface area contributed by atoms with Crippen molar-refractivity contribution in [3.63, 3.8) is 0 Å². The van der Waals surface area contributed by atoms with Gasteiger partial charge in [-0.25, -0.2) is 0 Å². The molecule has 102 valence electrons. The van der Waals surface area contributed by atoms with Crippen molar-refractivity contribution in [2.75, 3.05) is 6.61 Å². The summed E-state index contributed by atoms with van der Waals surface area (Å²) in [6.45, 7) is 10.5. The molecule has 1 saturated heterocycles. The first-order valence-corrected chi connectivity index (χ1v) is 7.13. The lowest BCUT2D eigenvalue weighted by Gasteiger charge is -2.46. The zero-order chi connectivity index (χ0) is 13.3.